The van der Waals surface area contributed by atoms with Gasteiger partial charge in [0.1, 0.15) is 0 Å². The van der Waals surface area contributed by atoms with Gasteiger partial charge in [0, 0.05) is 17.3 Å². The van der Waals surface area contributed by atoms with E-state index in [1.54, 1.807) is 11.8 Å². The Kier molecular flexibility index (Phi) is 5.44. The van der Waals surface area contributed by atoms with E-state index in [0.717, 1.165) is 5.92 Å². The molecule has 1 saturated carbocycles. The van der Waals surface area contributed by atoms with Gasteiger partial charge >= 0.3 is 0 Å². The average molecular weight is 231 g/mol. The Bertz CT molecular complexity index is 176. The topological polar surface area (TPSA) is 32.3 Å². The van der Waals surface area contributed by atoms with Crippen LogP contribution >= 0.6 is 11.8 Å². The molecule has 2 N–H and O–H groups in total. The molecular weight excluding hydrogens is 206 g/mol. The molecule has 1 aliphatic rings. The summed E-state index contributed by atoms with van der Waals surface area (Å²) in [5.74, 6) is 1.58. The number of nitrogens with one attached hydrogen (secondary N) is 1. The molecule has 3 atom stereocenters. The second-order valence-electron chi connectivity index (χ2n) is 5.02. The Morgan fingerprint density at radius 1 is 1.33 bits per heavy atom. The molecule has 1 fully saturated rings. The molecule has 0 heterocycles. The van der Waals surface area contributed by atoms with E-state index >= 15 is 0 Å². The van der Waals surface area contributed by atoms with E-state index in [1.807, 2.05) is 0 Å². The number of rotatable bonds is 7. The number of hydrogen-bond donors (Lipinski definition) is 2. The highest BCUT2D eigenvalue weighted by atomic mass is 32.2. The van der Waals surface area contributed by atoms with Crippen LogP contribution in [-0.2, 0) is 0 Å². The summed E-state index contributed by atoms with van der Waals surface area (Å²) in [4.78, 5) is 0. The molecule has 0 radical (unpaired) electrons. The van der Waals surface area contributed by atoms with E-state index in [-0.39, 0.29) is 6.61 Å². The lowest BCUT2D eigenvalue weighted by Gasteiger charge is -2.30. The Hall–Kier alpha value is 0.270. The first kappa shape index (κ1) is 13.3. The summed E-state index contributed by atoms with van der Waals surface area (Å²) in [6, 6.07) is 1.04. The van der Waals surface area contributed by atoms with Gasteiger partial charge in [-0.05, 0) is 37.9 Å². The molecule has 3 unspecified atom stereocenters. The second kappa shape index (κ2) is 6.12. The SMILES string of the molecule is CSC(CO)C(C)NC(C(C)C)C1CC1. The maximum Gasteiger partial charge on any atom is 0.0564 e. The van der Waals surface area contributed by atoms with Gasteiger partial charge in [0.25, 0.3) is 0 Å². The fraction of sp³-hybridized carbons (Fsp3) is 1.00. The van der Waals surface area contributed by atoms with Gasteiger partial charge in [0.2, 0.25) is 0 Å². The van der Waals surface area contributed by atoms with Gasteiger partial charge in [-0.1, -0.05) is 13.8 Å². The largest absolute Gasteiger partial charge is 0.395 e. The molecule has 0 spiro atoms. The summed E-state index contributed by atoms with van der Waals surface area (Å²) < 4.78 is 0. The lowest BCUT2D eigenvalue weighted by Crippen LogP contribution is -2.46. The minimum atomic E-state index is 0.269. The van der Waals surface area contributed by atoms with Crippen molar-refractivity contribution < 1.29 is 5.11 Å². The first-order chi connectivity index (χ1) is 7.10. The molecule has 15 heavy (non-hydrogen) atoms. The van der Waals surface area contributed by atoms with E-state index in [2.05, 4.69) is 32.3 Å². The zero-order valence-electron chi connectivity index (χ0n) is 10.4. The summed E-state index contributed by atoms with van der Waals surface area (Å²) in [6.45, 7) is 7.03. The molecule has 0 aromatic rings. The summed E-state index contributed by atoms with van der Waals surface area (Å²) in [6.07, 6.45) is 4.83. The Labute approximate surface area is 98.2 Å². The fourth-order valence-corrected chi connectivity index (χ4v) is 2.81. The number of aliphatic hydroxyl groups excluding tert-OH is 1. The van der Waals surface area contributed by atoms with Crippen molar-refractivity contribution in [1.82, 2.24) is 5.32 Å². The highest BCUT2D eigenvalue weighted by Gasteiger charge is 2.34. The third kappa shape index (κ3) is 3.97. The van der Waals surface area contributed by atoms with E-state index in [4.69, 9.17) is 0 Å². The normalized spacial score (nSPS) is 22.8. The van der Waals surface area contributed by atoms with Crippen LogP contribution in [0.1, 0.15) is 33.6 Å². The van der Waals surface area contributed by atoms with E-state index in [1.165, 1.54) is 12.8 Å². The molecule has 0 aliphatic heterocycles. The third-order valence-electron chi connectivity index (χ3n) is 3.34. The van der Waals surface area contributed by atoms with Crippen LogP contribution in [-0.4, -0.2) is 35.3 Å². The molecule has 0 saturated heterocycles. The lowest BCUT2D eigenvalue weighted by molar-refractivity contribution is 0.255. The molecule has 0 amide bonds. The predicted octanol–water partition coefficient (Wildman–Crippen LogP) is 2.12. The molecule has 90 valence electrons. The van der Waals surface area contributed by atoms with Crippen LogP contribution in [0, 0.1) is 11.8 Å². The summed E-state index contributed by atoms with van der Waals surface area (Å²) in [5, 5.41) is 13.3. The average Bonchev–Trinajstić information content (AvgIpc) is 2.99. The number of thioether (sulfide) groups is 1. The summed E-state index contributed by atoms with van der Waals surface area (Å²) in [5.41, 5.74) is 0. The van der Waals surface area contributed by atoms with Crippen LogP contribution in [0.5, 0.6) is 0 Å². The first-order valence-corrected chi connectivity index (χ1v) is 7.28. The van der Waals surface area contributed by atoms with Gasteiger partial charge in [-0.2, -0.15) is 11.8 Å². The maximum absolute atomic E-state index is 9.24. The van der Waals surface area contributed by atoms with Gasteiger partial charge in [-0.25, -0.2) is 0 Å². The number of hydrogen-bond acceptors (Lipinski definition) is 3. The molecule has 3 heteroatoms. The van der Waals surface area contributed by atoms with Crippen LogP contribution in [0.15, 0.2) is 0 Å². The Morgan fingerprint density at radius 2 is 1.93 bits per heavy atom. The van der Waals surface area contributed by atoms with Crippen molar-refractivity contribution in [3.8, 4) is 0 Å². The monoisotopic (exact) mass is 231 g/mol. The van der Waals surface area contributed by atoms with Gasteiger partial charge in [0.15, 0.2) is 0 Å². The van der Waals surface area contributed by atoms with Crippen molar-refractivity contribution >= 4 is 11.8 Å². The van der Waals surface area contributed by atoms with Crippen molar-refractivity contribution in [1.29, 1.82) is 0 Å². The molecule has 0 bridgehead atoms. The van der Waals surface area contributed by atoms with Crippen LogP contribution in [0.3, 0.4) is 0 Å². The standard InChI is InChI=1S/C12H25NOS/c1-8(2)12(10-5-6-10)13-9(3)11(7-14)15-4/h8-14H,5-7H2,1-4H3. The highest BCUT2D eigenvalue weighted by Crippen LogP contribution is 2.36. The lowest BCUT2D eigenvalue weighted by atomic mass is 9.98. The number of aliphatic hydroxyl groups is 1. The zero-order valence-corrected chi connectivity index (χ0v) is 11.2. The molecule has 1 rings (SSSR count). The van der Waals surface area contributed by atoms with Crippen molar-refractivity contribution in [2.45, 2.75) is 50.9 Å². The maximum atomic E-state index is 9.24. The minimum Gasteiger partial charge on any atom is -0.395 e. The summed E-state index contributed by atoms with van der Waals surface area (Å²) >= 11 is 1.75. The highest BCUT2D eigenvalue weighted by molar-refractivity contribution is 7.99. The van der Waals surface area contributed by atoms with Crippen molar-refractivity contribution in [3.05, 3.63) is 0 Å². The van der Waals surface area contributed by atoms with E-state index in [9.17, 15) is 5.11 Å². The molecule has 1 aliphatic carbocycles. The van der Waals surface area contributed by atoms with Gasteiger partial charge in [-0.3, -0.25) is 0 Å². The van der Waals surface area contributed by atoms with Crippen LogP contribution in [0.2, 0.25) is 0 Å². The van der Waals surface area contributed by atoms with Gasteiger partial charge in [0.05, 0.1) is 6.61 Å². The zero-order chi connectivity index (χ0) is 11.4. The third-order valence-corrected chi connectivity index (χ3v) is 4.51. The first-order valence-electron chi connectivity index (χ1n) is 5.99. The molecule has 0 aromatic heterocycles. The molecule has 2 nitrogen and oxygen atoms in total. The fourth-order valence-electron chi connectivity index (χ4n) is 2.18. The molecular formula is C12H25NOS. The van der Waals surface area contributed by atoms with Crippen molar-refractivity contribution in [3.63, 3.8) is 0 Å². The van der Waals surface area contributed by atoms with Crippen LogP contribution in [0.4, 0.5) is 0 Å². The van der Waals surface area contributed by atoms with Crippen molar-refractivity contribution in [2.75, 3.05) is 12.9 Å². The Morgan fingerprint density at radius 3 is 2.27 bits per heavy atom. The Balaban J connectivity index is 2.42. The summed E-state index contributed by atoms with van der Waals surface area (Å²) in [7, 11) is 0. The van der Waals surface area contributed by atoms with Gasteiger partial charge < -0.3 is 10.4 Å². The quantitative estimate of drug-likeness (QED) is 0.704. The van der Waals surface area contributed by atoms with Crippen LogP contribution in [0.25, 0.3) is 0 Å². The second-order valence-corrected chi connectivity index (χ2v) is 6.10. The van der Waals surface area contributed by atoms with E-state index < -0.39 is 0 Å². The molecule has 0 aromatic carbocycles. The smallest absolute Gasteiger partial charge is 0.0564 e. The van der Waals surface area contributed by atoms with E-state index in [0.29, 0.717) is 23.3 Å². The predicted molar refractivity (Wildman–Crippen MR) is 68.3 cm³/mol. The van der Waals surface area contributed by atoms with Crippen LogP contribution < -0.4 is 5.32 Å². The minimum absolute atomic E-state index is 0.269. The van der Waals surface area contributed by atoms with Crippen molar-refractivity contribution in [2.24, 2.45) is 11.8 Å². The van der Waals surface area contributed by atoms with Gasteiger partial charge in [-0.15, -0.1) is 0 Å².